The van der Waals surface area contributed by atoms with Crippen molar-refractivity contribution in [3.8, 4) is 0 Å². The fourth-order valence-electron chi connectivity index (χ4n) is 2.94. The zero-order valence-corrected chi connectivity index (χ0v) is 19.2. The Kier molecular flexibility index (Phi) is 6.70. The van der Waals surface area contributed by atoms with E-state index in [9.17, 15) is 19.2 Å². The van der Waals surface area contributed by atoms with Crippen molar-refractivity contribution in [3.05, 3.63) is 34.5 Å². The van der Waals surface area contributed by atoms with Crippen LogP contribution in [0, 0.1) is 0 Å². The molecule has 1 aliphatic rings. The SMILES string of the molecule is CCN(C(=O)OC(C)(C)C)c1ccc(C(=O)C2OCc3nc(NC(C)=O)sc3C2=O)cn1. The van der Waals surface area contributed by atoms with Gasteiger partial charge in [0.2, 0.25) is 17.5 Å². The first-order valence-electron chi connectivity index (χ1n) is 9.94. The van der Waals surface area contributed by atoms with E-state index in [2.05, 4.69) is 15.3 Å². The van der Waals surface area contributed by atoms with E-state index in [1.165, 1.54) is 30.2 Å². The minimum Gasteiger partial charge on any atom is -0.443 e. The van der Waals surface area contributed by atoms with E-state index in [0.29, 0.717) is 18.1 Å². The number of Topliss-reactive ketones (excluding diaryl/α,β-unsaturated/α-hetero) is 2. The topological polar surface area (TPSA) is 128 Å². The number of pyridine rings is 1. The van der Waals surface area contributed by atoms with Crippen LogP contribution in [0.3, 0.4) is 0 Å². The third-order valence-electron chi connectivity index (χ3n) is 4.31. The van der Waals surface area contributed by atoms with Crippen molar-refractivity contribution in [3.63, 3.8) is 0 Å². The van der Waals surface area contributed by atoms with Crippen LogP contribution in [0.4, 0.5) is 15.7 Å². The molecule has 0 aromatic carbocycles. The summed E-state index contributed by atoms with van der Waals surface area (Å²) in [6.07, 6.45) is -0.578. The monoisotopic (exact) mass is 460 g/mol. The number of thiazole rings is 1. The number of ketones is 2. The Morgan fingerprint density at radius 3 is 2.59 bits per heavy atom. The maximum absolute atomic E-state index is 12.9. The second kappa shape index (κ2) is 9.13. The Morgan fingerprint density at radius 1 is 1.31 bits per heavy atom. The summed E-state index contributed by atoms with van der Waals surface area (Å²) in [7, 11) is 0. The number of hydrogen-bond donors (Lipinski definition) is 1. The van der Waals surface area contributed by atoms with E-state index in [1.54, 1.807) is 27.7 Å². The number of nitrogens with one attached hydrogen (secondary N) is 1. The Morgan fingerprint density at radius 2 is 2.03 bits per heavy atom. The average Bonchev–Trinajstić information content (AvgIpc) is 3.10. The van der Waals surface area contributed by atoms with Gasteiger partial charge in [-0.25, -0.2) is 14.8 Å². The second-order valence-electron chi connectivity index (χ2n) is 8.03. The van der Waals surface area contributed by atoms with Gasteiger partial charge in [-0.2, -0.15) is 0 Å². The number of amides is 2. The number of ether oxygens (including phenoxy) is 2. The maximum Gasteiger partial charge on any atom is 0.415 e. The number of fused-ring (bicyclic) bond motifs is 1. The largest absolute Gasteiger partial charge is 0.443 e. The lowest BCUT2D eigenvalue weighted by Crippen LogP contribution is -2.38. The highest BCUT2D eigenvalue weighted by Crippen LogP contribution is 2.30. The van der Waals surface area contributed by atoms with Crippen LogP contribution in [0.15, 0.2) is 18.3 Å². The van der Waals surface area contributed by atoms with E-state index in [-0.39, 0.29) is 28.1 Å². The van der Waals surface area contributed by atoms with Crippen molar-refractivity contribution < 1.29 is 28.7 Å². The molecule has 2 amide bonds. The summed E-state index contributed by atoms with van der Waals surface area (Å²) >= 11 is 1.01. The van der Waals surface area contributed by atoms with Gasteiger partial charge in [0.05, 0.1) is 12.3 Å². The summed E-state index contributed by atoms with van der Waals surface area (Å²) < 4.78 is 10.8. The molecule has 10 nitrogen and oxygen atoms in total. The van der Waals surface area contributed by atoms with Gasteiger partial charge in [-0.05, 0) is 39.8 Å². The van der Waals surface area contributed by atoms with E-state index in [1.807, 2.05) is 0 Å². The molecular formula is C21H24N4O6S. The van der Waals surface area contributed by atoms with Gasteiger partial charge in [0.25, 0.3) is 0 Å². The third kappa shape index (κ3) is 5.17. The van der Waals surface area contributed by atoms with Gasteiger partial charge in [0.15, 0.2) is 11.2 Å². The van der Waals surface area contributed by atoms with Gasteiger partial charge < -0.3 is 14.8 Å². The standard InChI is InChI=1S/C21H24N4O6S/c1-6-25(20(29)31-21(3,4)5)14-8-7-12(9-22-14)15(27)17-16(28)18-13(10-30-17)24-19(32-18)23-11(2)26/h7-9,17H,6,10H2,1-5H3,(H,23,24,26). The first kappa shape index (κ1) is 23.5. The molecule has 3 heterocycles. The number of carbonyl (C=O) groups is 4. The highest BCUT2D eigenvalue weighted by atomic mass is 32.1. The van der Waals surface area contributed by atoms with Crippen LogP contribution >= 0.6 is 11.3 Å². The normalized spacial score (nSPS) is 15.7. The Bertz CT molecular complexity index is 1060. The summed E-state index contributed by atoms with van der Waals surface area (Å²) in [5.74, 6) is -1.05. The highest BCUT2D eigenvalue weighted by Gasteiger charge is 2.37. The van der Waals surface area contributed by atoms with Crippen LogP contribution in [0.2, 0.25) is 0 Å². The molecule has 3 rings (SSSR count). The summed E-state index contributed by atoms with van der Waals surface area (Å²) in [4.78, 5) is 59.3. The average molecular weight is 461 g/mol. The number of rotatable bonds is 5. The smallest absolute Gasteiger partial charge is 0.415 e. The molecule has 1 unspecified atom stereocenters. The van der Waals surface area contributed by atoms with Gasteiger partial charge in [-0.3, -0.25) is 19.3 Å². The zero-order valence-electron chi connectivity index (χ0n) is 18.4. The molecule has 0 spiro atoms. The van der Waals surface area contributed by atoms with Crippen molar-refractivity contribution in [1.29, 1.82) is 0 Å². The molecular weight excluding hydrogens is 436 g/mol. The molecule has 11 heteroatoms. The lowest BCUT2D eigenvalue weighted by Gasteiger charge is -2.26. The maximum atomic E-state index is 12.9. The quantitative estimate of drug-likeness (QED) is 0.532. The fraction of sp³-hybridized carbons (Fsp3) is 0.429. The van der Waals surface area contributed by atoms with Crippen LogP contribution in [0.5, 0.6) is 0 Å². The van der Waals surface area contributed by atoms with Crippen LogP contribution in [-0.4, -0.2) is 51.8 Å². The van der Waals surface area contributed by atoms with Crippen LogP contribution in [-0.2, 0) is 20.9 Å². The van der Waals surface area contributed by atoms with Crippen molar-refractivity contribution in [2.24, 2.45) is 0 Å². The molecule has 2 aromatic rings. The molecule has 32 heavy (non-hydrogen) atoms. The molecule has 0 saturated carbocycles. The van der Waals surface area contributed by atoms with Crippen LogP contribution in [0.25, 0.3) is 0 Å². The number of nitrogens with zero attached hydrogens (tertiary/aromatic N) is 3. The van der Waals surface area contributed by atoms with Crippen molar-refractivity contribution in [2.75, 3.05) is 16.8 Å². The fourth-order valence-corrected chi connectivity index (χ4v) is 3.92. The summed E-state index contributed by atoms with van der Waals surface area (Å²) in [6.45, 7) is 8.71. The number of carbonyl (C=O) groups excluding carboxylic acids is 4. The lowest BCUT2D eigenvalue weighted by molar-refractivity contribution is -0.114. The van der Waals surface area contributed by atoms with Gasteiger partial charge in [0, 0.05) is 25.2 Å². The van der Waals surface area contributed by atoms with E-state index in [0.717, 1.165) is 11.3 Å². The van der Waals surface area contributed by atoms with Gasteiger partial charge >= 0.3 is 6.09 Å². The minimum absolute atomic E-state index is 0.0265. The second-order valence-corrected chi connectivity index (χ2v) is 9.02. The first-order valence-corrected chi connectivity index (χ1v) is 10.8. The number of hydrogen-bond acceptors (Lipinski definition) is 9. The summed E-state index contributed by atoms with van der Waals surface area (Å²) in [6, 6.07) is 3.00. The van der Waals surface area contributed by atoms with Crippen molar-refractivity contribution in [2.45, 2.75) is 52.9 Å². The summed E-state index contributed by atoms with van der Waals surface area (Å²) in [5.41, 5.74) is -0.103. The van der Waals surface area contributed by atoms with Gasteiger partial charge in [-0.15, -0.1) is 0 Å². The molecule has 1 N–H and O–H groups in total. The van der Waals surface area contributed by atoms with Gasteiger partial charge in [-0.1, -0.05) is 11.3 Å². The van der Waals surface area contributed by atoms with E-state index < -0.39 is 29.4 Å². The summed E-state index contributed by atoms with van der Waals surface area (Å²) in [5, 5.41) is 2.81. The minimum atomic E-state index is -1.33. The van der Waals surface area contributed by atoms with E-state index >= 15 is 0 Å². The van der Waals surface area contributed by atoms with Gasteiger partial charge in [0.1, 0.15) is 16.3 Å². The third-order valence-corrected chi connectivity index (χ3v) is 5.33. The molecule has 0 aliphatic carbocycles. The van der Waals surface area contributed by atoms with Crippen molar-refractivity contribution >= 4 is 45.9 Å². The Hall–Kier alpha value is -3.18. The number of aromatic nitrogens is 2. The van der Waals surface area contributed by atoms with Crippen LogP contribution < -0.4 is 10.2 Å². The molecule has 1 atom stereocenters. The number of anilines is 2. The molecule has 170 valence electrons. The molecule has 1 aliphatic heterocycles. The highest BCUT2D eigenvalue weighted by molar-refractivity contribution is 7.17. The molecule has 0 bridgehead atoms. The Labute approximate surface area is 188 Å². The predicted molar refractivity (Wildman–Crippen MR) is 117 cm³/mol. The van der Waals surface area contributed by atoms with Crippen LogP contribution in [0.1, 0.15) is 60.3 Å². The van der Waals surface area contributed by atoms with Crippen molar-refractivity contribution in [1.82, 2.24) is 9.97 Å². The predicted octanol–water partition coefficient (Wildman–Crippen LogP) is 3.22. The molecule has 0 saturated heterocycles. The molecule has 0 radical (unpaired) electrons. The Balaban J connectivity index is 1.76. The molecule has 0 fully saturated rings. The van der Waals surface area contributed by atoms with E-state index in [4.69, 9.17) is 9.47 Å². The zero-order chi connectivity index (χ0) is 23.6. The lowest BCUT2D eigenvalue weighted by atomic mass is 10.0. The first-order chi connectivity index (χ1) is 15.0. The molecule has 2 aromatic heterocycles.